The fourth-order valence-electron chi connectivity index (χ4n) is 4.80. The van der Waals surface area contributed by atoms with Crippen LogP contribution in [0.25, 0.3) is 22.6 Å². The van der Waals surface area contributed by atoms with E-state index in [1.807, 2.05) is 31.2 Å². The van der Waals surface area contributed by atoms with Crippen molar-refractivity contribution in [3.8, 4) is 22.6 Å². The summed E-state index contributed by atoms with van der Waals surface area (Å²) < 4.78 is 31.4. The monoisotopic (exact) mass is 558 g/mol. The number of nitrogens with zero attached hydrogens (tertiary/aromatic N) is 4. The lowest BCUT2D eigenvalue weighted by atomic mass is 9.92. The largest absolute Gasteiger partial charge is 0.378 e. The van der Waals surface area contributed by atoms with Crippen molar-refractivity contribution < 1.29 is 23.4 Å². The lowest BCUT2D eigenvalue weighted by Crippen LogP contribution is -2.45. The number of H-pyrrole nitrogens is 1. The highest BCUT2D eigenvalue weighted by Gasteiger charge is 2.35. The molecule has 0 bridgehead atoms. The molecule has 2 N–H and O–H groups in total. The summed E-state index contributed by atoms with van der Waals surface area (Å²) in [5, 5.41) is 2.98. The molecule has 1 amide bonds. The Morgan fingerprint density at radius 1 is 1.05 bits per heavy atom. The molecule has 4 heterocycles. The first kappa shape index (κ1) is 27.0. The van der Waals surface area contributed by atoms with Crippen LogP contribution in [0.2, 0.25) is 0 Å². The fourth-order valence-corrected chi connectivity index (χ4v) is 4.80. The number of rotatable bonds is 7. The number of aromatic amines is 1. The lowest BCUT2D eigenvalue weighted by Gasteiger charge is -2.36. The van der Waals surface area contributed by atoms with Crippen LogP contribution in [-0.4, -0.2) is 71.9 Å². The minimum Gasteiger partial charge on any atom is -0.378 e. The van der Waals surface area contributed by atoms with Gasteiger partial charge in [0.25, 0.3) is 5.91 Å². The van der Waals surface area contributed by atoms with Crippen LogP contribution in [0.3, 0.4) is 0 Å². The van der Waals surface area contributed by atoms with Gasteiger partial charge in [-0.05, 0) is 42.5 Å². The van der Waals surface area contributed by atoms with Crippen LogP contribution in [0, 0.1) is 11.2 Å². The average molecular weight is 559 g/mol. The van der Waals surface area contributed by atoms with Crippen molar-refractivity contribution in [2.45, 2.75) is 13.2 Å². The van der Waals surface area contributed by atoms with Gasteiger partial charge in [-0.15, -0.1) is 0 Å². The Balaban J connectivity index is 1.21. The molecule has 41 heavy (non-hydrogen) atoms. The maximum absolute atomic E-state index is 13.7. The molecule has 0 unspecified atom stereocenters. The summed E-state index contributed by atoms with van der Waals surface area (Å²) in [4.78, 5) is 32.0. The number of ether oxygens (including phenoxy) is 3. The molecule has 2 saturated heterocycles. The lowest BCUT2D eigenvalue weighted by molar-refractivity contribution is -0.231. The van der Waals surface area contributed by atoms with E-state index in [1.165, 1.54) is 12.1 Å². The first-order valence-corrected chi connectivity index (χ1v) is 13.6. The Hall–Kier alpha value is -4.19. The van der Waals surface area contributed by atoms with Crippen molar-refractivity contribution in [1.29, 1.82) is 0 Å². The number of nitrogens with one attached hydrogen (secondary N) is 2. The highest BCUT2D eigenvalue weighted by Crippen LogP contribution is 2.35. The van der Waals surface area contributed by atoms with Gasteiger partial charge in [0, 0.05) is 42.4 Å². The number of benzene rings is 2. The number of hydrogen-bond donors (Lipinski definition) is 2. The Kier molecular flexibility index (Phi) is 7.73. The van der Waals surface area contributed by atoms with Crippen LogP contribution >= 0.6 is 0 Å². The molecule has 0 radical (unpaired) electrons. The summed E-state index contributed by atoms with van der Waals surface area (Å²) in [6.07, 6.45) is 0.964. The maximum atomic E-state index is 13.7. The zero-order valence-corrected chi connectivity index (χ0v) is 22.7. The van der Waals surface area contributed by atoms with Crippen LogP contribution < -0.4 is 10.2 Å². The van der Waals surface area contributed by atoms with Gasteiger partial charge in [-0.2, -0.15) is 0 Å². The smallest absolute Gasteiger partial charge is 0.251 e. The number of halogens is 1. The zero-order chi connectivity index (χ0) is 28.2. The summed E-state index contributed by atoms with van der Waals surface area (Å²) in [7, 11) is 0. The molecule has 2 fully saturated rings. The molecule has 10 nitrogen and oxygen atoms in total. The topological polar surface area (TPSA) is 114 Å². The van der Waals surface area contributed by atoms with Gasteiger partial charge >= 0.3 is 0 Å². The zero-order valence-electron chi connectivity index (χ0n) is 22.7. The molecule has 2 aliphatic rings. The molecule has 212 valence electrons. The molecule has 11 heteroatoms. The Labute approximate surface area is 236 Å². The minimum atomic E-state index is -0.749. The van der Waals surface area contributed by atoms with Crippen molar-refractivity contribution in [2.24, 2.45) is 5.41 Å². The second-order valence-electron chi connectivity index (χ2n) is 10.5. The average Bonchev–Trinajstić information content (AvgIpc) is 3.47. The van der Waals surface area contributed by atoms with Gasteiger partial charge < -0.3 is 29.4 Å². The summed E-state index contributed by atoms with van der Waals surface area (Å²) in [5.41, 5.74) is 2.80. The van der Waals surface area contributed by atoms with Gasteiger partial charge in [0.05, 0.1) is 43.5 Å². The fraction of sp³-hybridized carbons (Fsp3) is 0.333. The third-order valence-corrected chi connectivity index (χ3v) is 7.13. The molecule has 2 aliphatic heterocycles. The molecular weight excluding hydrogens is 527 g/mol. The van der Waals surface area contributed by atoms with E-state index < -0.39 is 11.7 Å². The van der Waals surface area contributed by atoms with Gasteiger partial charge in [-0.1, -0.05) is 25.1 Å². The minimum absolute atomic E-state index is 0.144. The number of hydrogen-bond acceptors (Lipinski definition) is 8. The molecule has 0 aliphatic carbocycles. The van der Waals surface area contributed by atoms with Crippen molar-refractivity contribution in [2.75, 3.05) is 51.0 Å². The van der Waals surface area contributed by atoms with Gasteiger partial charge in [0.15, 0.2) is 5.82 Å². The van der Waals surface area contributed by atoms with Crippen molar-refractivity contribution in [3.05, 3.63) is 84.1 Å². The van der Waals surface area contributed by atoms with Gasteiger partial charge in [0.2, 0.25) is 12.2 Å². The number of carbonyl (C=O) groups is 1. The highest BCUT2D eigenvalue weighted by atomic mass is 19.1. The summed E-state index contributed by atoms with van der Waals surface area (Å²) in [6, 6.07) is 17.0. The highest BCUT2D eigenvalue weighted by molar-refractivity contribution is 5.94. The number of carbonyl (C=O) groups excluding carboxylic acids is 1. The van der Waals surface area contributed by atoms with E-state index in [0.29, 0.717) is 80.5 Å². The van der Waals surface area contributed by atoms with Crippen LogP contribution in [0.4, 0.5) is 10.3 Å². The van der Waals surface area contributed by atoms with E-state index in [2.05, 4.69) is 20.2 Å². The summed E-state index contributed by atoms with van der Waals surface area (Å²) >= 11 is 0. The third kappa shape index (κ3) is 6.12. The Morgan fingerprint density at radius 3 is 2.51 bits per heavy atom. The number of anilines is 1. The molecule has 2 aromatic heterocycles. The van der Waals surface area contributed by atoms with Crippen molar-refractivity contribution in [1.82, 2.24) is 25.3 Å². The SMILES string of the molecule is CC1(CNC(=O)c2ccccc2)COC(c2nc(-c3ccc(F)cc3)c(-c3ccnc(N4CCOCC4)n3)[nH]2)OC1. The van der Waals surface area contributed by atoms with Gasteiger partial charge in [-0.25, -0.2) is 19.3 Å². The molecule has 0 atom stereocenters. The van der Waals surface area contributed by atoms with Crippen molar-refractivity contribution in [3.63, 3.8) is 0 Å². The van der Waals surface area contributed by atoms with Crippen molar-refractivity contribution >= 4 is 11.9 Å². The quantitative estimate of drug-likeness (QED) is 0.350. The molecule has 6 rings (SSSR count). The Bertz CT molecular complexity index is 1480. The van der Waals surface area contributed by atoms with E-state index in [4.69, 9.17) is 24.2 Å². The number of morpholine rings is 1. The Morgan fingerprint density at radius 2 is 1.78 bits per heavy atom. The maximum Gasteiger partial charge on any atom is 0.251 e. The van der Waals surface area contributed by atoms with E-state index in [-0.39, 0.29) is 11.7 Å². The predicted molar refractivity (Wildman–Crippen MR) is 150 cm³/mol. The molecule has 0 saturated carbocycles. The van der Waals surface area contributed by atoms with Crippen LogP contribution in [-0.2, 0) is 14.2 Å². The molecular formula is C30H31FN6O4. The summed E-state index contributed by atoms with van der Waals surface area (Å²) in [6.45, 7) is 5.74. The number of imidazole rings is 1. The second kappa shape index (κ2) is 11.7. The predicted octanol–water partition coefficient (Wildman–Crippen LogP) is 3.99. The molecule has 2 aromatic carbocycles. The first-order valence-electron chi connectivity index (χ1n) is 13.6. The van der Waals surface area contributed by atoms with Crippen LogP contribution in [0.15, 0.2) is 66.9 Å². The first-order chi connectivity index (χ1) is 20.0. The van der Waals surface area contributed by atoms with E-state index >= 15 is 0 Å². The van der Waals surface area contributed by atoms with Crippen LogP contribution in [0.1, 0.15) is 29.4 Å². The van der Waals surface area contributed by atoms with E-state index in [0.717, 1.165) is 5.56 Å². The second-order valence-corrected chi connectivity index (χ2v) is 10.5. The molecule has 4 aromatic rings. The van der Waals surface area contributed by atoms with Gasteiger partial charge in [0.1, 0.15) is 5.82 Å². The normalized spacial score (nSPS) is 21.0. The van der Waals surface area contributed by atoms with Crippen LogP contribution in [0.5, 0.6) is 0 Å². The molecule has 0 spiro atoms. The third-order valence-electron chi connectivity index (χ3n) is 7.13. The number of aromatic nitrogens is 4. The van der Waals surface area contributed by atoms with E-state index in [9.17, 15) is 9.18 Å². The standard InChI is InChI=1S/C30H31FN6O4/c1-30(17-33-27(38)21-5-3-2-4-6-21)18-40-28(41-19-30)26-35-24(20-7-9-22(31)10-8-20)25(36-26)23-11-12-32-29(34-23)37-13-15-39-16-14-37/h2-12,28H,13-19H2,1H3,(H,33,38)(H,35,36). The summed E-state index contributed by atoms with van der Waals surface area (Å²) in [5.74, 6) is 0.599. The van der Waals surface area contributed by atoms with E-state index in [1.54, 1.807) is 30.5 Å². The number of amides is 1. The van der Waals surface area contributed by atoms with Gasteiger partial charge in [-0.3, -0.25) is 4.79 Å².